The van der Waals surface area contributed by atoms with Gasteiger partial charge in [0.05, 0.1) is 4.92 Å². The Bertz CT molecular complexity index is 412. The quantitative estimate of drug-likeness (QED) is 0.355. The molecule has 0 spiro atoms. The summed E-state index contributed by atoms with van der Waals surface area (Å²) < 4.78 is 0. The van der Waals surface area contributed by atoms with Crippen LogP contribution in [0.2, 0.25) is 0 Å². The van der Waals surface area contributed by atoms with Crippen LogP contribution in [0.25, 0.3) is 0 Å². The fraction of sp³-hybridized carbons (Fsp3) is 0.636. The average molecular weight is 270 g/mol. The largest absolute Gasteiger partial charge is 0.354 e. The van der Waals surface area contributed by atoms with Crippen LogP contribution >= 0.6 is 11.8 Å². The molecule has 0 atom stereocenters. The Morgan fingerprint density at radius 2 is 2.28 bits per heavy atom. The molecule has 0 saturated carbocycles. The number of hydrogen-bond donors (Lipinski definition) is 1. The van der Waals surface area contributed by atoms with Crippen LogP contribution in [0.1, 0.15) is 27.2 Å². The van der Waals surface area contributed by atoms with Crippen molar-refractivity contribution in [2.75, 3.05) is 17.6 Å². The normalized spacial score (nSPS) is 10.7. The lowest BCUT2D eigenvalue weighted by Crippen LogP contribution is -2.06. The van der Waals surface area contributed by atoms with E-state index < -0.39 is 4.92 Å². The van der Waals surface area contributed by atoms with Crippen molar-refractivity contribution in [3.63, 3.8) is 0 Å². The number of nitrogens with one attached hydrogen (secondary N) is 1. The molecule has 0 amide bonds. The molecule has 0 aliphatic carbocycles. The van der Waals surface area contributed by atoms with Gasteiger partial charge in [0.15, 0.2) is 5.03 Å². The molecular formula is C11H18N4O2S. The number of nitrogens with zero attached hydrogens (tertiary/aromatic N) is 3. The fourth-order valence-electron chi connectivity index (χ4n) is 1.16. The predicted molar refractivity (Wildman–Crippen MR) is 73.0 cm³/mol. The molecule has 18 heavy (non-hydrogen) atoms. The molecule has 1 heterocycles. The number of nitro groups is 1. The first-order valence-electron chi connectivity index (χ1n) is 5.92. The van der Waals surface area contributed by atoms with Gasteiger partial charge in [-0.1, -0.05) is 32.5 Å². The van der Waals surface area contributed by atoms with Gasteiger partial charge < -0.3 is 5.32 Å². The van der Waals surface area contributed by atoms with Crippen LogP contribution in [-0.4, -0.2) is 27.2 Å². The van der Waals surface area contributed by atoms with Gasteiger partial charge in [0.2, 0.25) is 5.95 Å². The van der Waals surface area contributed by atoms with Gasteiger partial charge >= 0.3 is 5.69 Å². The van der Waals surface area contributed by atoms with E-state index in [-0.39, 0.29) is 5.69 Å². The minimum atomic E-state index is -0.438. The van der Waals surface area contributed by atoms with Crippen LogP contribution in [-0.2, 0) is 0 Å². The molecule has 1 aromatic rings. The first kappa shape index (κ1) is 14.7. The standard InChI is InChI=1S/C11H18N4O2S/c1-4-5-12-11-13-6-9(15(16)17)10(14-11)18-7-8(2)3/h6,8H,4-5,7H2,1-3H3,(H,12,13,14). The minimum Gasteiger partial charge on any atom is -0.354 e. The molecule has 1 N–H and O–H groups in total. The Labute approximate surface area is 111 Å². The molecule has 1 aromatic heterocycles. The van der Waals surface area contributed by atoms with E-state index in [1.54, 1.807) is 0 Å². The monoisotopic (exact) mass is 270 g/mol. The summed E-state index contributed by atoms with van der Waals surface area (Å²) in [6.45, 7) is 6.92. The molecule has 1 rings (SSSR count). The van der Waals surface area contributed by atoms with Gasteiger partial charge in [-0.25, -0.2) is 4.98 Å². The molecule has 0 bridgehead atoms. The fourth-order valence-corrected chi connectivity index (χ4v) is 2.08. The Hall–Kier alpha value is -1.37. The van der Waals surface area contributed by atoms with Gasteiger partial charge in [-0.05, 0) is 12.3 Å². The zero-order valence-corrected chi connectivity index (χ0v) is 11.7. The van der Waals surface area contributed by atoms with E-state index in [0.717, 1.165) is 18.7 Å². The Kier molecular flexibility index (Phi) is 5.84. The third-order valence-electron chi connectivity index (χ3n) is 2.02. The van der Waals surface area contributed by atoms with E-state index >= 15 is 0 Å². The minimum absolute atomic E-state index is 0.0253. The molecule has 7 heteroatoms. The van der Waals surface area contributed by atoms with Crippen LogP contribution in [0.5, 0.6) is 0 Å². The van der Waals surface area contributed by atoms with Crippen molar-refractivity contribution < 1.29 is 4.92 Å². The van der Waals surface area contributed by atoms with Crippen molar-refractivity contribution in [2.45, 2.75) is 32.2 Å². The smallest absolute Gasteiger partial charge is 0.319 e. The predicted octanol–water partition coefficient (Wildman–Crippen LogP) is 2.95. The lowest BCUT2D eigenvalue weighted by atomic mass is 10.3. The van der Waals surface area contributed by atoms with Gasteiger partial charge in [0, 0.05) is 12.3 Å². The summed E-state index contributed by atoms with van der Waals surface area (Å²) in [7, 11) is 0. The summed E-state index contributed by atoms with van der Waals surface area (Å²) in [6.07, 6.45) is 2.22. The SMILES string of the molecule is CCCNc1ncc([N+](=O)[O-])c(SCC(C)C)n1. The van der Waals surface area contributed by atoms with E-state index in [1.807, 2.05) is 6.92 Å². The molecule has 0 unspecified atom stereocenters. The van der Waals surface area contributed by atoms with Gasteiger partial charge in [-0.15, -0.1) is 0 Å². The van der Waals surface area contributed by atoms with Gasteiger partial charge in [0.25, 0.3) is 0 Å². The summed E-state index contributed by atoms with van der Waals surface area (Å²) in [6, 6.07) is 0. The van der Waals surface area contributed by atoms with E-state index in [0.29, 0.717) is 16.9 Å². The van der Waals surface area contributed by atoms with E-state index in [9.17, 15) is 10.1 Å². The van der Waals surface area contributed by atoms with Crippen molar-refractivity contribution in [2.24, 2.45) is 5.92 Å². The Morgan fingerprint density at radius 3 is 2.83 bits per heavy atom. The third-order valence-corrected chi connectivity index (χ3v) is 3.43. The topological polar surface area (TPSA) is 81.0 Å². The second-order valence-corrected chi connectivity index (χ2v) is 5.28. The molecule has 0 saturated heterocycles. The van der Waals surface area contributed by atoms with Crippen LogP contribution in [0.3, 0.4) is 0 Å². The highest BCUT2D eigenvalue weighted by atomic mass is 32.2. The highest BCUT2D eigenvalue weighted by molar-refractivity contribution is 7.99. The zero-order chi connectivity index (χ0) is 13.5. The van der Waals surface area contributed by atoms with Crippen LogP contribution < -0.4 is 5.32 Å². The maximum atomic E-state index is 10.9. The summed E-state index contributed by atoms with van der Waals surface area (Å²) in [5, 5.41) is 14.3. The van der Waals surface area contributed by atoms with Crippen LogP contribution in [0.4, 0.5) is 11.6 Å². The van der Waals surface area contributed by atoms with Gasteiger partial charge in [-0.3, -0.25) is 10.1 Å². The molecule has 0 aliphatic heterocycles. The van der Waals surface area contributed by atoms with Crippen molar-refractivity contribution in [1.82, 2.24) is 9.97 Å². The Morgan fingerprint density at radius 1 is 1.56 bits per heavy atom. The number of hydrogen-bond acceptors (Lipinski definition) is 6. The van der Waals surface area contributed by atoms with Crippen molar-refractivity contribution in [3.05, 3.63) is 16.3 Å². The summed E-state index contributed by atoms with van der Waals surface area (Å²) in [4.78, 5) is 18.6. The molecule has 0 radical (unpaired) electrons. The maximum absolute atomic E-state index is 10.9. The first-order valence-corrected chi connectivity index (χ1v) is 6.91. The number of rotatable bonds is 7. The number of anilines is 1. The van der Waals surface area contributed by atoms with Gasteiger partial charge in [-0.2, -0.15) is 4.98 Å². The van der Waals surface area contributed by atoms with Crippen molar-refractivity contribution >= 4 is 23.4 Å². The van der Waals surface area contributed by atoms with Crippen LogP contribution in [0.15, 0.2) is 11.2 Å². The Balaban J connectivity index is 2.88. The van der Waals surface area contributed by atoms with Gasteiger partial charge in [0.1, 0.15) is 6.20 Å². The van der Waals surface area contributed by atoms with Crippen LogP contribution in [0, 0.1) is 16.0 Å². The van der Waals surface area contributed by atoms with E-state index in [1.165, 1.54) is 18.0 Å². The molecule has 6 nitrogen and oxygen atoms in total. The number of thioether (sulfide) groups is 1. The third kappa shape index (κ3) is 4.48. The second-order valence-electron chi connectivity index (χ2n) is 4.27. The average Bonchev–Trinajstić information content (AvgIpc) is 2.33. The number of aromatic nitrogens is 2. The highest BCUT2D eigenvalue weighted by Gasteiger charge is 2.17. The molecular weight excluding hydrogens is 252 g/mol. The highest BCUT2D eigenvalue weighted by Crippen LogP contribution is 2.28. The first-order chi connectivity index (χ1) is 8.54. The summed E-state index contributed by atoms with van der Waals surface area (Å²) >= 11 is 1.40. The lowest BCUT2D eigenvalue weighted by Gasteiger charge is -2.07. The van der Waals surface area contributed by atoms with Crippen molar-refractivity contribution in [1.29, 1.82) is 0 Å². The van der Waals surface area contributed by atoms with E-state index in [4.69, 9.17) is 0 Å². The van der Waals surface area contributed by atoms with Crippen molar-refractivity contribution in [3.8, 4) is 0 Å². The zero-order valence-electron chi connectivity index (χ0n) is 10.8. The maximum Gasteiger partial charge on any atom is 0.319 e. The summed E-state index contributed by atoms with van der Waals surface area (Å²) in [5.41, 5.74) is -0.0253. The summed E-state index contributed by atoms with van der Waals surface area (Å²) in [5.74, 6) is 1.70. The second kappa shape index (κ2) is 7.15. The van der Waals surface area contributed by atoms with E-state index in [2.05, 4.69) is 29.1 Å². The molecule has 100 valence electrons. The molecule has 0 aliphatic rings. The molecule has 0 fully saturated rings. The molecule has 0 aromatic carbocycles. The lowest BCUT2D eigenvalue weighted by molar-refractivity contribution is -0.388.